The van der Waals surface area contributed by atoms with Gasteiger partial charge in [-0.25, -0.2) is 9.97 Å². The van der Waals surface area contributed by atoms with Crippen LogP contribution in [0.2, 0.25) is 0 Å². The highest BCUT2D eigenvalue weighted by Crippen LogP contribution is 2.50. The van der Waals surface area contributed by atoms with Crippen molar-refractivity contribution in [2.75, 3.05) is 5.32 Å². The first-order chi connectivity index (χ1) is 42.0. The summed E-state index contributed by atoms with van der Waals surface area (Å²) >= 11 is 0. The van der Waals surface area contributed by atoms with Gasteiger partial charge in [-0.15, -0.1) is 0 Å². The highest BCUT2D eigenvalue weighted by molar-refractivity contribution is 5.99. The monoisotopic (exact) mass is 1110 g/mol. The van der Waals surface area contributed by atoms with Crippen LogP contribution in [0.5, 0.6) is 11.5 Å². The molecule has 11 aromatic carbocycles. The van der Waals surface area contributed by atoms with E-state index in [1.54, 1.807) is 0 Å². The topological polar surface area (TPSA) is 56.3 Å². The lowest BCUT2D eigenvalue weighted by atomic mass is 9.81. The van der Waals surface area contributed by atoms with Crippen molar-refractivity contribution in [3.63, 3.8) is 0 Å². The first-order valence-corrected chi connectivity index (χ1v) is 29.9. The normalized spacial score (nSPS) is 11.5. The number of benzene rings is 11. The second-order valence-corrected chi connectivity index (χ2v) is 22.7. The van der Waals surface area contributed by atoms with Crippen molar-refractivity contribution in [1.82, 2.24) is 9.97 Å². The molecular weight excluding hydrogens is 1030 g/mol. The van der Waals surface area contributed by atoms with Crippen LogP contribution in [0.4, 0.5) is 5.82 Å². The molecule has 0 spiro atoms. The quantitative estimate of drug-likeness (QED) is 0.0618. The summed E-state index contributed by atoms with van der Waals surface area (Å²) in [5.74, 6) is 2.86. The zero-order valence-corrected chi connectivity index (χ0v) is 48.1. The van der Waals surface area contributed by atoms with Gasteiger partial charge in [0.2, 0.25) is 0 Å². The second-order valence-electron chi connectivity index (χ2n) is 22.7. The SMILES string of the molecule is c1ccc(CNc2nc(Cc3ccccc3)nc3c(Cc4ccccc4)c(OC(Cc4ccccc4)(Cc4ccccc4)Cc4ccccc4)c(OC(Cc4ccccc4)(Cc4ccccc4)Cc4ccccc4)c(Cc4ccccc4)c23)cc1. The van der Waals surface area contributed by atoms with Gasteiger partial charge < -0.3 is 14.8 Å². The Morgan fingerprint density at radius 2 is 0.529 bits per heavy atom. The minimum Gasteiger partial charge on any atom is -0.482 e. The van der Waals surface area contributed by atoms with Crippen molar-refractivity contribution in [2.45, 2.75) is 75.5 Å². The van der Waals surface area contributed by atoms with Gasteiger partial charge in [0.1, 0.15) is 22.8 Å². The lowest BCUT2D eigenvalue weighted by Crippen LogP contribution is -2.45. The average molecular weight is 1110 g/mol. The van der Waals surface area contributed by atoms with Gasteiger partial charge in [-0.05, 0) is 55.6 Å². The van der Waals surface area contributed by atoms with E-state index < -0.39 is 11.2 Å². The predicted molar refractivity (Wildman–Crippen MR) is 349 cm³/mol. The Hall–Kier alpha value is -9.84. The molecule has 5 nitrogen and oxygen atoms in total. The molecule has 0 bridgehead atoms. The third kappa shape index (κ3) is 14.5. The Morgan fingerprint density at radius 1 is 0.271 bits per heavy atom. The van der Waals surface area contributed by atoms with Gasteiger partial charge in [-0.1, -0.05) is 303 Å². The van der Waals surface area contributed by atoms with E-state index in [1.165, 1.54) is 33.4 Å². The number of nitrogens with one attached hydrogen (secondary N) is 1. The molecule has 0 atom stereocenters. The summed E-state index contributed by atoms with van der Waals surface area (Å²) in [7, 11) is 0. The van der Waals surface area contributed by atoms with Crippen molar-refractivity contribution in [1.29, 1.82) is 0 Å². The maximum atomic E-state index is 8.67. The van der Waals surface area contributed by atoms with Gasteiger partial charge in [0.25, 0.3) is 0 Å². The summed E-state index contributed by atoms with van der Waals surface area (Å²) in [4.78, 5) is 11.5. The van der Waals surface area contributed by atoms with Crippen LogP contribution < -0.4 is 14.8 Å². The third-order valence-corrected chi connectivity index (χ3v) is 16.1. The third-order valence-electron chi connectivity index (χ3n) is 16.1. The molecular formula is C80H71N3O2. The van der Waals surface area contributed by atoms with Gasteiger partial charge in [0, 0.05) is 75.5 Å². The van der Waals surface area contributed by atoms with Crippen molar-refractivity contribution in [2.24, 2.45) is 0 Å². The lowest BCUT2D eigenvalue weighted by molar-refractivity contribution is 0.0388. The number of anilines is 1. The first-order valence-electron chi connectivity index (χ1n) is 29.9. The molecule has 0 saturated heterocycles. The minimum absolute atomic E-state index is 0.496. The Morgan fingerprint density at radius 3 is 0.847 bits per heavy atom. The van der Waals surface area contributed by atoms with E-state index in [-0.39, 0.29) is 0 Å². The summed E-state index contributed by atoms with van der Waals surface area (Å²) in [5.41, 5.74) is 12.6. The maximum Gasteiger partial charge on any atom is 0.168 e. The molecule has 12 rings (SSSR count). The maximum absolute atomic E-state index is 8.67. The lowest BCUT2D eigenvalue weighted by Gasteiger charge is -2.41. The number of hydrogen-bond acceptors (Lipinski definition) is 5. The van der Waals surface area contributed by atoms with E-state index in [4.69, 9.17) is 19.4 Å². The van der Waals surface area contributed by atoms with Gasteiger partial charge in [0.15, 0.2) is 11.5 Å². The molecule has 0 fully saturated rings. The van der Waals surface area contributed by atoms with Crippen LogP contribution in [0.25, 0.3) is 10.9 Å². The van der Waals surface area contributed by atoms with Gasteiger partial charge in [-0.3, -0.25) is 0 Å². The zero-order chi connectivity index (χ0) is 57.4. The molecule has 0 unspecified atom stereocenters. The van der Waals surface area contributed by atoms with Crippen LogP contribution in [0.3, 0.4) is 0 Å². The number of hydrogen-bond donors (Lipinski definition) is 1. The van der Waals surface area contributed by atoms with E-state index in [1.807, 2.05) is 0 Å². The summed E-state index contributed by atoms with van der Waals surface area (Å²) in [5, 5.41) is 4.89. The molecule has 0 saturated carbocycles. The molecule has 5 heteroatoms. The number of ether oxygens (including phenoxy) is 2. The van der Waals surface area contributed by atoms with Crippen LogP contribution in [0.15, 0.2) is 303 Å². The molecule has 418 valence electrons. The fourth-order valence-corrected chi connectivity index (χ4v) is 12.3. The van der Waals surface area contributed by atoms with Crippen LogP contribution in [-0.4, -0.2) is 21.2 Å². The van der Waals surface area contributed by atoms with Gasteiger partial charge in [-0.2, -0.15) is 0 Å². The number of nitrogens with zero attached hydrogens (tertiary/aromatic N) is 2. The molecule has 0 radical (unpaired) electrons. The van der Waals surface area contributed by atoms with E-state index in [0.717, 1.165) is 50.1 Å². The molecule has 0 aliphatic carbocycles. The molecule has 0 aliphatic rings. The molecule has 0 aliphatic heterocycles. The average Bonchev–Trinajstić information content (AvgIpc) is 1.15. The van der Waals surface area contributed by atoms with Crippen molar-refractivity contribution >= 4 is 16.7 Å². The largest absolute Gasteiger partial charge is 0.482 e. The molecule has 1 aromatic heterocycles. The van der Waals surface area contributed by atoms with Crippen molar-refractivity contribution in [3.8, 4) is 11.5 Å². The molecule has 85 heavy (non-hydrogen) atoms. The number of aromatic nitrogens is 2. The Kier molecular flexibility index (Phi) is 17.7. The molecule has 1 N–H and O–H groups in total. The molecule has 12 aromatic rings. The summed E-state index contributed by atoms with van der Waals surface area (Å²) in [6.07, 6.45) is 5.12. The fourth-order valence-electron chi connectivity index (χ4n) is 12.3. The molecule has 1 heterocycles. The van der Waals surface area contributed by atoms with Crippen LogP contribution in [0, 0.1) is 0 Å². The summed E-state index contributed by atoms with van der Waals surface area (Å²) in [6, 6.07) is 108. The number of fused-ring (bicyclic) bond motifs is 1. The Bertz CT molecular complexity index is 3790. The van der Waals surface area contributed by atoms with Crippen molar-refractivity contribution < 1.29 is 9.47 Å². The van der Waals surface area contributed by atoms with Crippen LogP contribution >= 0.6 is 0 Å². The standard InChI is InChI=1S/C80H71N3O2/c1-11-31-61(32-12-1)51-71-74-75(82-73(53-63-35-15-3-16-36-63)83-78(74)81-60-70-49-29-10-30-50-70)72(52-62-33-13-2-14-34-62)77(85-80(57-67-43-23-7-24-44-67,58-68-45-25-8-26-46-68)59-69-47-27-9-28-48-69)76(71)84-79(54-64-37-17-4-18-38-64,55-65-39-19-5-20-40-65)56-66-41-21-6-22-42-66/h1-50H,51-60H2,(H,81,82,83). The highest BCUT2D eigenvalue weighted by atomic mass is 16.5. The van der Waals surface area contributed by atoms with Gasteiger partial charge in [0.05, 0.1) is 10.9 Å². The van der Waals surface area contributed by atoms with E-state index >= 15 is 0 Å². The second kappa shape index (κ2) is 27.0. The van der Waals surface area contributed by atoms with E-state index in [2.05, 4.69) is 309 Å². The van der Waals surface area contributed by atoms with E-state index in [0.29, 0.717) is 81.7 Å². The van der Waals surface area contributed by atoms with Gasteiger partial charge >= 0.3 is 0 Å². The Labute approximate surface area is 501 Å². The minimum atomic E-state index is -0.891. The van der Waals surface area contributed by atoms with Crippen LogP contribution in [-0.2, 0) is 64.3 Å². The number of rotatable bonds is 25. The highest BCUT2D eigenvalue weighted by Gasteiger charge is 2.41. The van der Waals surface area contributed by atoms with Crippen molar-refractivity contribution in [3.05, 3.63) is 376 Å². The zero-order valence-electron chi connectivity index (χ0n) is 48.1. The van der Waals surface area contributed by atoms with E-state index in [9.17, 15) is 0 Å². The smallest absolute Gasteiger partial charge is 0.168 e. The Balaban J connectivity index is 1.23. The molecule has 0 amide bonds. The fraction of sp³-hybridized carbons (Fsp3) is 0.150. The predicted octanol–water partition coefficient (Wildman–Crippen LogP) is 17.7. The summed E-state index contributed by atoms with van der Waals surface area (Å²) < 4.78 is 17.3. The van der Waals surface area contributed by atoms with Crippen LogP contribution in [0.1, 0.15) is 72.6 Å². The summed E-state index contributed by atoms with van der Waals surface area (Å²) in [6.45, 7) is 0.541. The first kappa shape index (κ1) is 55.7.